The zero-order chi connectivity index (χ0) is 22.4. The van der Waals surface area contributed by atoms with Gasteiger partial charge in [-0.05, 0) is 66.7 Å². The van der Waals surface area contributed by atoms with Crippen LogP contribution in [0.2, 0.25) is 0 Å². The number of benzene rings is 2. The van der Waals surface area contributed by atoms with Crippen LogP contribution in [0.3, 0.4) is 0 Å². The predicted molar refractivity (Wildman–Crippen MR) is 122 cm³/mol. The average Bonchev–Trinajstić information content (AvgIpc) is 2.77. The number of hydrogen-bond acceptors (Lipinski definition) is 6. The van der Waals surface area contributed by atoms with Crippen LogP contribution >= 0.6 is 11.8 Å². The van der Waals surface area contributed by atoms with Crippen LogP contribution in [0.25, 0.3) is 0 Å². The molecule has 9 heteroatoms. The number of carbonyl (C=O) groups is 1. The molecule has 3 rings (SSSR count). The van der Waals surface area contributed by atoms with Gasteiger partial charge in [0.15, 0.2) is 5.16 Å². The first kappa shape index (κ1) is 22.9. The minimum atomic E-state index is -3.63. The molecule has 3 aromatic rings. The number of anilines is 1. The van der Waals surface area contributed by atoms with Gasteiger partial charge in [0, 0.05) is 41.6 Å². The van der Waals surface area contributed by atoms with Crippen LogP contribution in [0, 0.1) is 6.92 Å². The van der Waals surface area contributed by atoms with E-state index in [0.717, 1.165) is 10.5 Å². The Morgan fingerprint density at radius 2 is 1.74 bits per heavy atom. The van der Waals surface area contributed by atoms with Crippen molar-refractivity contribution in [3.05, 3.63) is 72.1 Å². The molecule has 0 fully saturated rings. The molecule has 0 saturated carbocycles. The third kappa shape index (κ3) is 5.49. The average molecular weight is 457 g/mol. The van der Waals surface area contributed by atoms with E-state index in [9.17, 15) is 13.2 Å². The Morgan fingerprint density at radius 1 is 1.03 bits per heavy atom. The Bertz CT molecular complexity index is 1160. The number of aryl methyl sites for hydroxylation is 1. The molecule has 0 aliphatic carbocycles. The molecule has 0 saturated heterocycles. The van der Waals surface area contributed by atoms with Crippen molar-refractivity contribution >= 4 is 33.4 Å². The fraction of sp³-hybridized carbons (Fsp3) is 0.227. The summed E-state index contributed by atoms with van der Waals surface area (Å²) in [6.45, 7) is 6.20. The van der Waals surface area contributed by atoms with E-state index >= 15 is 0 Å². The van der Waals surface area contributed by atoms with Gasteiger partial charge in [-0.2, -0.15) is 4.31 Å². The van der Waals surface area contributed by atoms with Crippen molar-refractivity contribution < 1.29 is 13.2 Å². The van der Waals surface area contributed by atoms with Gasteiger partial charge in [0.1, 0.15) is 0 Å². The van der Waals surface area contributed by atoms with Crippen molar-refractivity contribution in [2.24, 2.45) is 0 Å². The molecule has 1 amide bonds. The summed E-state index contributed by atoms with van der Waals surface area (Å²) >= 11 is 1.43. The van der Waals surface area contributed by atoms with Crippen LogP contribution in [0.4, 0.5) is 5.69 Å². The standard InChI is InChI=1S/C22H24N4O3S2/c1-4-26(5-2)31(28,29)19-9-6-8-17(15-19)21(27)25-20-11-10-18(14-16(20)3)30-22-23-12-7-13-24-22/h6-15H,4-5H2,1-3H3,(H,25,27). The maximum atomic E-state index is 12.8. The minimum Gasteiger partial charge on any atom is -0.322 e. The van der Waals surface area contributed by atoms with Gasteiger partial charge in [0.05, 0.1) is 4.90 Å². The number of carbonyl (C=O) groups excluding carboxylic acids is 1. The second kappa shape index (κ2) is 10.0. The van der Waals surface area contributed by atoms with E-state index in [0.29, 0.717) is 23.9 Å². The molecule has 162 valence electrons. The third-order valence-corrected chi connectivity index (χ3v) is 7.57. The van der Waals surface area contributed by atoms with Crippen LogP contribution in [0.15, 0.2) is 75.9 Å². The summed E-state index contributed by atoms with van der Waals surface area (Å²) in [5.74, 6) is -0.369. The van der Waals surface area contributed by atoms with Gasteiger partial charge in [-0.1, -0.05) is 19.9 Å². The lowest BCUT2D eigenvalue weighted by Gasteiger charge is -2.18. The molecule has 1 N–H and O–H groups in total. The lowest BCUT2D eigenvalue weighted by atomic mass is 10.1. The van der Waals surface area contributed by atoms with Crippen molar-refractivity contribution in [1.29, 1.82) is 0 Å². The molecule has 0 unspecified atom stereocenters. The summed E-state index contributed by atoms with van der Waals surface area (Å²) in [4.78, 5) is 22.2. The van der Waals surface area contributed by atoms with E-state index in [4.69, 9.17) is 0 Å². The second-order valence-corrected chi connectivity index (χ2v) is 9.66. The maximum absolute atomic E-state index is 12.8. The van der Waals surface area contributed by atoms with Gasteiger partial charge < -0.3 is 5.32 Å². The van der Waals surface area contributed by atoms with Crippen molar-refractivity contribution in [2.75, 3.05) is 18.4 Å². The fourth-order valence-corrected chi connectivity index (χ4v) is 5.30. The van der Waals surface area contributed by atoms with Crippen molar-refractivity contribution in [3.63, 3.8) is 0 Å². The zero-order valence-electron chi connectivity index (χ0n) is 17.6. The highest BCUT2D eigenvalue weighted by atomic mass is 32.2. The van der Waals surface area contributed by atoms with Crippen LogP contribution in [-0.4, -0.2) is 41.7 Å². The predicted octanol–water partition coefficient (Wildman–Crippen LogP) is 4.22. The van der Waals surface area contributed by atoms with Gasteiger partial charge in [0.2, 0.25) is 10.0 Å². The number of aromatic nitrogens is 2. The molecule has 0 spiro atoms. The number of hydrogen-bond donors (Lipinski definition) is 1. The number of amides is 1. The Kier molecular flexibility index (Phi) is 7.42. The molecule has 0 aliphatic rings. The zero-order valence-corrected chi connectivity index (χ0v) is 19.2. The van der Waals surface area contributed by atoms with Gasteiger partial charge in [-0.25, -0.2) is 18.4 Å². The Hall–Kier alpha value is -2.75. The first-order valence-electron chi connectivity index (χ1n) is 9.82. The second-order valence-electron chi connectivity index (χ2n) is 6.68. The molecule has 7 nitrogen and oxygen atoms in total. The fourth-order valence-electron chi connectivity index (χ4n) is 2.99. The number of nitrogens with one attached hydrogen (secondary N) is 1. The summed E-state index contributed by atoms with van der Waals surface area (Å²) < 4.78 is 26.9. The molecular formula is C22H24N4O3S2. The van der Waals surface area contributed by atoms with Gasteiger partial charge in [-0.15, -0.1) is 0 Å². The monoisotopic (exact) mass is 456 g/mol. The molecule has 2 aromatic carbocycles. The Morgan fingerprint density at radius 3 is 2.39 bits per heavy atom. The SMILES string of the molecule is CCN(CC)S(=O)(=O)c1cccc(C(=O)Nc2ccc(Sc3ncccn3)cc2C)c1. The minimum absolute atomic E-state index is 0.107. The highest BCUT2D eigenvalue weighted by Crippen LogP contribution is 2.28. The van der Waals surface area contributed by atoms with Crippen molar-refractivity contribution in [1.82, 2.24) is 14.3 Å². The lowest BCUT2D eigenvalue weighted by molar-refractivity contribution is 0.102. The largest absolute Gasteiger partial charge is 0.322 e. The normalized spacial score (nSPS) is 11.5. The van der Waals surface area contributed by atoms with Crippen LogP contribution < -0.4 is 5.32 Å². The molecule has 1 aromatic heterocycles. The molecule has 0 atom stereocenters. The smallest absolute Gasteiger partial charge is 0.255 e. The van der Waals surface area contributed by atoms with Crippen LogP contribution in [-0.2, 0) is 10.0 Å². The first-order chi connectivity index (χ1) is 14.8. The molecular weight excluding hydrogens is 432 g/mol. The van der Waals surface area contributed by atoms with Gasteiger partial charge in [-0.3, -0.25) is 4.79 Å². The molecule has 31 heavy (non-hydrogen) atoms. The Labute approximate surface area is 187 Å². The van der Waals surface area contributed by atoms with E-state index in [1.54, 1.807) is 44.4 Å². The maximum Gasteiger partial charge on any atom is 0.255 e. The number of nitrogens with zero attached hydrogens (tertiary/aromatic N) is 3. The van der Waals surface area contributed by atoms with E-state index in [-0.39, 0.29) is 16.4 Å². The summed E-state index contributed by atoms with van der Waals surface area (Å²) in [6, 6.07) is 13.5. The highest BCUT2D eigenvalue weighted by molar-refractivity contribution is 7.99. The van der Waals surface area contributed by atoms with Crippen LogP contribution in [0.1, 0.15) is 29.8 Å². The Balaban J connectivity index is 1.77. The van der Waals surface area contributed by atoms with Crippen molar-refractivity contribution in [3.8, 4) is 0 Å². The molecule has 0 bridgehead atoms. The number of rotatable bonds is 8. The quantitative estimate of drug-likeness (QED) is 0.510. The molecule has 1 heterocycles. The van der Waals surface area contributed by atoms with E-state index < -0.39 is 10.0 Å². The van der Waals surface area contributed by atoms with E-state index in [2.05, 4.69) is 15.3 Å². The van der Waals surface area contributed by atoms with Gasteiger partial charge >= 0.3 is 0 Å². The van der Waals surface area contributed by atoms with E-state index in [1.807, 2.05) is 25.1 Å². The topological polar surface area (TPSA) is 92.3 Å². The van der Waals surface area contributed by atoms with E-state index in [1.165, 1.54) is 28.2 Å². The number of sulfonamides is 1. The van der Waals surface area contributed by atoms with Crippen LogP contribution in [0.5, 0.6) is 0 Å². The molecule has 0 radical (unpaired) electrons. The first-order valence-corrected chi connectivity index (χ1v) is 12.1. The summed E-state index contributed by atoms with van der Waals surface area (Å²) in [5.41, 5.74) is 1.81. The summed E-state index contributed by atoms with van der Waals surface area (Å²) in [7, 11) is -3.63. The van der Waals surface area contributed by atoms with Crippen molar-refractivity contribution in [2.45, 2.75) is 35.7 Å². The molecule has 0 aliphatic heterocycles. The third-order valence-electron chi connectivity index (χ3n) is 4.64. The summed E-state index contributed by atoms with van der Waals surface area (Å²) in [6.07, 6.45) is 3.37. The van der Waals surface area contributed by atoms with Gasteiger partial charge in [0.25, 0.3) is 5.91 Å². The highest BCUT2D eigenvalue weighted by Gasteiger charge is 2.22. The lowest BCUT2D eigenvalue weighted by Crippen LogP contribution is -2.30. The summed E-state index contributed by atoms with van der Waals surface area (Å²) in [5, 5.41) is 3.51.